The third kappa shape index (κ3) is 10.3. The van der Waals surface area contributed by atoms with Crippen LogP contribution >= 0.6 is 0 Å². The number of aromatic nitrogens is 3. The van der Waals surface area contributed by atoms with E-state index in [-0.39, 0.29) is 0 Å². The van der Waals surface area contributed by atoms with E-state index in [2.05, 4.69) is 206 Å². The van der Waals surface area contributed by atoms with Gasteiger partial charge in [0.05, 0.1) is 6.54 Å². The summed E-state index contributed by atoms with van der Waals surface area (Å²) in [6.07, 6.45) is 16.7. The van der Waals surface area contributed by atoms with Crippen molar-refractivity contribution < 1.29 is 0 Å². The van der Waals surface area contributed by atoms with Gasteiger partial charge >= 0.3 is 0 Å². The molecule has 0 spiro atoms. The van der Waals surface area contributed by atoms with Gasteiger partial charge in [0.25, 0.3) is 0 Å². The molecule has 0 bridgehead atoms. The molecule has 10 aromatic carbocycles. The van der Waals surface area contributed by atoms with Gasteiger partial charge in [0.15, 0.2) is 29.1 Å². The first-order chi connectivity index (χ1) is 41.0. The molecule has 0 amide bonds. The average molecular weight is 1070 g/mol. The van der Waals surface area contributed by atoms with Crippen LogP contribution in [0.15, 0.2) is 288 Å². The molecular formula is C77H58N6. The quantitative estimate of drug-likeness (QED) is 0.0656. The summed E-state index contributed by atoms with van der Waals surface area (Å²) >= 11 is 0. The summed E-state index contributed by atoms with van der Waals surface area (Å²) in [4.78, 5) is 31.0. The summed E-state index contributed by atoms with van der Waals surface area (Å²) in [7, 11) is 0. The molecule has 0 fully saturated rings. The lowest BCUT2D eigenvalue weighted by molar-refractivity contribution is 1.01. The highest BCUT2D eigenvalue weighted by atomic mass is 15.0. The third-order valence-corrected chi connectivity index (χ3v) is 15.7. The van der Waals surface area contributed by atoms with E-state index in [9.17, 15) is 0 Å². The highest BCUT2D eigenvalue weighted by Gasteiger charge is 2.28. The maximum atomic E-state index is 5.43. The molecule has 0 aliphatic heterocycles. The van der Waals surface area contributed by atoms with Crippen molar-refractivity contribution in [1.29, 1.82) is 0 Å². The van der Waals surface area contributed by atoms with Crippen LogP contribution in [0.5, 0.6) is 0 Å². The lowest BCUT2D eigenvalue weighted by atomic mass is 9.84. The minimum absolute atomic E-state index is 0.342. The van der Waals surface area contributed by atoms with Gasteiger partial charge < -0.3 is 0 Å². The molecule has 1 heterocycles. The van der Waals surface area contributed by atoms with Gasteiger partial charge in [-0.15, -0.1) is 0 Å². The zero-order chi connectivity index (χ0) is 56.1. The predicted molar refractivity (Wildman–Crippen MR) is 349 cm³/mol. The first-order valence-electron chi connectivity index (χ1n) is 28.3. The molecule has 0 radical (unpaired) electrons. The lowest BCUT2D eigenvalue weighted by Crippen LogP contribution is -2.06. The SMILES string of the molecule is C=C/C=C(\C=C/C)C(N=C)=NC(=NCc1cc(-c2ccc(-c3ccccc3)cc2)c2c3c(cccc13)-c1cccc3c(-c4nc(C5=CCCC=C5)nc(-c5ccccc5)n4)cc(-c4ccc(-c5ccccc5)cc4)c(c13)C2)c1ccccc1. The van der Waals surface area contributed by atoms with Crippen molar-refractivity contribution in [3.05, 3.63) is 301 Å². The second kappa shape index (κ2) is 23.3. The van der Waals surface area contributed by atoms with Gasteiger partial charge in [0.2, 0.25) is 0 Å². The third-order valence-electron chi connectivity index (χ3n) is 15.7. The molecule has 83 heavy (non-hydrogen) atoms. The second-order valence-electron chi connectivity index (χ2n) is 20.8. The van der Waals surface area contributed by atoms with E-state index in [0.717, 1.165) is 102 Å². The van der Waals surface area contributed by atoms with Crippen LogP contribution < -0.4 is 0 Å². The Labute approximate surface area is 485 Å². The maximum absolute atomic E-state index is 5.43. The minimum Gasteiger partial charge on any atom is -0.261 e. The second-order valence-corrected chi connectivity index (χ2v) is 20.8. The fourth-order valence-corrected chi connectivity index (χ4v) is 11.8. The molecule has 13 rings (SSSR count). The molecule has 0 N–H and O–H groups in total. The Morgan fingerprint density at radius 3 is 1.61 bits per heavy atom. The predicted octanol–water partition coefficient (Wildman–Crippen LogP) is 19.2. The van der Waals surface area contributed by atoms with Crippen LogP contribution in [0, 0.1) is 0 Å². The Morgan fingerprint density at radius 2 is 1.04 bits per heavy atom. The maximum Gasteiger partial charge on any atom is 0.164 e. The molecule has 0 unspecified atom stereocenters. The Kier molecular flexibility index (Phi) is 14.5. The highest BCUT2D eigenvalue weighted by molar-refractivity contribution is 6.17. The molecule has 0 saturated heterocycles. The summed E-state index contributed by atoms with van der Waals surface area (Å²) in [6, 6.07) is 78.0. The van der Waals surface area contributed by atoms with Crippen molar-refractivity contribution in [1.82, 2.24) is 15.0 Å². The molecule has 2 aliphatic rings. The Bertz CT molecular complexity index is 4470. The Hall–Kier alpha value is -10.6. The van der Waals surface area contributed by atoms with Crippen molar-refractivity contribution in [3.63, 3.8) is 0 Å². The number of hydrogen-bond donors (Lipinski definition) is 0. The standard InChI is InChI=1S/C77H58N6/c1-4-23-57(24-5-2)73(78-3)80-74(58-29-15-8-16-30-58)79-50-61-47-66(55-43-39-53(40-44-55)51-25-11-6-12-26-51)68-49-69-67(56-45-41-54(42-46-56)52-27-13-7-14-28-52)48-70(65-38-22-37-64(72(65)69)63-36-21-35-62(61)71(63)68)77-82-75(59-31-17-9-18-32-59)81-76(83-77)60-33-19-10-20-34-60/h4-9,11-19,21-48H,1,3,10,20,49-50H2,2H3/b24-5-,57-23+,79-74?,80-73?. The number of benzene rings is 10. The lowest BCUT2D eigenvalue weighted by Gasteiger charge is -2.20. The van der Waals surface area contributed by atoms with Gasteiger partial charge in [-0.05, 0) is 139 Å². The van der Waals surface area contributed by atoms with Crippen LogP contribution in [-0.2, 0) is 13.0 Å². The Balaban J connectivity index is 1.08. The molecule has 6 heteroatoms. The zero-order valence-electron chi connectivity index (χ0n) is 46.3. The molecule has 0 atom stereocenters. The number of rotatable bonds is 13. The minimum atomic E-state index is 0.342. The first kappa shape index (κ1) is 51.9. The summed E-state index contributed by atoms with van der Waals surface area (Å²) in [6.45, 7) is 10.2. The monoisotopic (exact) mass is 1070 g/mol. The fourth-order valence-electron chi connectivity index (χ4n) is 11.8. The number of hydrogen-bond acceptors (Lipinski definition) is 4. The van der Waals surface area contributed by atoms with Crippen LogP contribution in [0.1, 0.15) is 47.8 Å². The molecule has 11 aromatic rings. The van der Waals surface area contributed by atoms with Gasteiger partial charge in [-0.3, -0.25) is 4.99 Å². The van der Waals surface area contributed by atoms with E-state index < -0.39 is 0 Å². The summed E-state index contributed by atoms with van der Waals surface area (Å²) < 4.78 is 0. The van der Waals surface area contributed by atoms with Crippen LogP contribution in [0.3, 0.4) is 0 Å². The normalized spacial score (nSPS) is 13.3. The van der Waals surface area contributed by atoms with Crippen molar-refractivity contribution in [3.8, 4) is 78.4 Å². The van der Waals surface area contributed by atoms with Crippen molar-refractivity contribution in [2.45, 2.75) is 32.7 Å². The van der Waals surface area contributed by atoms with E-state index in [4.69, 9.17) is 24.9 Å². The average Bonchev–Trinajstić information content (AvgIpc) is 3.91. The largest absolute Gasteiger partial charge is 0.261 e. The van der Waals surface area contributed by atoms with E-state index in [0.29, 0.717) is 42.1 Å². The number of fused-ring (bicyclic) bond motifs is 1. The number of nitrogens with zero attached hydrogens (tertiary/aromatic N) is 6. The van der Waals surface area contributed by atoms with Crippen molar-refractivity contribution in [2.75, 3.05) is 0 Å². The van der Waals surface area contributed by atoms with Gasteiger partial charge in [0.1, 0.15) is 0 Å². The number of aliphatic imine (C=N–C) groups is 3. The molecule has 396 valence electrons. The number of allylic oxidation sites excluding steroid dienone is 7. The van der Waals surface area contributed by atoms with Gasteiger partial charge in [-0.1, -0.05) is 255 Å². The van der Waals surface area contributed by atoms with Crippen LogP contribution in [0.4, 0.5) is 0 Å². The van der Waals surface area contributed by atoms with Gasteiger partial charge in [-0.2, -0.15) is 0 Å². The van der Waals surface area contributed by atoms with Crippen LogP contribution in [0.25, 0.3) is 106 Å². The zero-order valence-corrected chi connectivity index (χ0v) is 46.3. The smallest absolute Gasteiger partial charge is 0.164 e. The molecular weight excluding hydrogens is 1010 g/mol. The van der Waals surface area contributed by atoms with Crippen molar-refractivity contribution >= 4 is 45.5 Å². The fraction of sp³-hybridized carbons (Fsp3) is 0.0649. The summed E-state index contributed by atoms with van der Waals surface area (Å²) in [5.74, 6) is 2.94. The Morgan fingerprint density at radius 1 is 0.506 bits per heavy atom. The highest BCUT2D eigenvalue weighted by Crippen LogP contribution is 2.50. The number of amidine groups is 2. The topological polar surface area (TPSA) is 75.8 Å². The molecule has 0 saturated carbocycles. The van der Waals surface area contributed by atoms with Crippen molar-refractivity contribution in [2.24, 2.45) is 15.0 Å². The van der Waals surface area contributed by atoms with Gasteiger partial charge in [0, 0.05) is 27.8 Å². The van der Waals surface area contributed by atoms with E-state index in [1.165, 1.54) is 33.0 Å². The molecule has 6 nitrogen and oxygen atoms in total. The first-order valence-corrected chi connectivity index (χ1v) is 28.3. The van der Waals surface area contributed by atoms with E-state index >= 15 is 0 Å². The summed E-state index contributed by atoms with van der Waals surface area (Å²) in [5, 5.41) is 4.59. The van der Waals surface area contributed by atoms with Gasteiger partial charge in [-0.25, -0.2) is 24.9 Å². The van der Waals surface area contributed by atoms with E-state index in [1.807, 2.05) is 73.7 Å². The molecule has 2 aliphatic carbocycles. The van der Waals surface area contributed by atoms with E-state index in [1.54, 1.807) is 6.08 Å². The molecule has 1 aromatic heterocycles. The summed E-state index contributed by atoms with van der Waals surface area (Å²) in [5.41, 5.74) is 19.6. The van der Waals surface area contributed by atoms with Crippen LogP contribution in [-0.4, -0.2) is 33.3 Å². The van der Waals surface area contributed by atoms with Crippen LogP contribution in [0.2, 0.25) is 0 Å².